The quantitative estimate of drug-likeness (QED) is 0.485. The van der Waals surface area contributed by atoms with Crippen LogP contribution in [0.5, 0.6) is 5.75 Å². The minimum atomic E-state index is -0.985. The molecule has 1 amide bonds. The molecule has 1 aromatic heterocycles. The summed E-state index contributed by atoms with van der Waals surface area (Å²) in [5, 5.41) is 3.15. The molecule has 0 bridgehead atoms. The van der Waals surface area contributed by atoms with E-state index < -0.39 is 11.5 Å². The molecule has 2 heterocycles. The lowest BCUT2D eigenvalue weighted by Crippen LogP contribution is -2.70. The van der Waals surface area contributed by atoms with Crippen LogP contribution in [0.4, 0.5) is 5.69 Å². The molecule has 1 atom stereocenters. The zero-order chi connectivity index (χ0) is 18.7. The van der Waals surface area contributed by atoms with Gasteiger partial charge in [0.05, 0.1) is 33.3 Å². The number of hydrogen-bond donors (Lipinski definition) is 1. The summed E-state index contributed by atoms with van der Waals surface area (Å²) in [6.07, 6.45) is 4.36. The zero-order valence-corrected chi connectivity index (χ0v) is 14.8. The third-order valence-electron chi connectivity index (χ3n) is 4.35. The maximum atomic E-state index is 13.1. The molecule has 1 aromatic carbocycles. The number of carbonyl (C=O) groups is 2. The monoisotopic (exact) mass is 356 g/mol. The average Bonchev–Trinajstić information content (AvgIpc) is 3.19. The molecule has 0 spiro atoms. The Kier molecular flexibility index (Phi) is 4.71. The number of β-lactam (4-membered cyclic amide) rings is 1. The summed E-state index contributed by atoms with van der Waals surface area (Å²) in [6, 6.07) is 8.99. The molecular formula is C19H20N2O5. The number of esters is 1. The second-order valence-corrected chi connectivity index (χ2v) is 5.98. The van der Waals surface area contributed by atoms with E-state index in [0.717, 1.165) is 11.4 Å². The summed E-state index contributed by atoms with van der Waals surface area (Å²) in [5.41, 5.74) is 1.01. The minimum absolute atomic E-state index is 0.137. The number of nitrogens with one attached hydrogen (secondary N) is 1. The van der Waals surface area contributed by atoms with Crippen LogP contribution in [0.1, 0.15) is 12.5 Å². The molecule has 136 valence electrons. The van der Waals surface area contributed by atoms with Gasteiger partial charge in [0.2, 0.25) is 0 Å². The standard InChI is InChI=1S/C19H20N2O5/c1-13(10-17(22)25-3)20-19(14-8-9-26-11-14)12-21(18(19)23)15-4-6-16(24-2)7-5-15/h4-11,20H,12H2,1-3H3. The lowest BCUT2D eigenvalue weighted by Gasteiger charge is -2.49. The van der Waals surface area contributed by atoms with E-state index in [2.05, 4.69) is 10.1 Å². The number of ether oxygens (including phenoxy) is 2. The van der Waals surface area contributed by atoms with Crippen molar-refractivity contribution in [1.29, 1.82) is 0 Å². The van der Waals surface area contributed by atoms with E-state index in [-0.39, 0.29) is 5.91 Å². The van der Waals surface area contributed by atoms with Crippen LogP contribution in [0.2, 0.25) is 0 Å². The van der Waals surface area contributed by atoms with Gasteiger partial charge in [-0.1, -0.05) is 0 Å². The van der Waals surface area contributed by atoms with Crippen molar-refractivity contribution in [3.8, 4) is 5.75 Å². The molecule has 1 aliphatic rings. The molecule has 1 unspecified atom stereocenters. The number of hydrogen-bond acceptors (Lipinski definition) is 6. The van der Waals surface area contributed by atoms with Gasteiger partial charge in [0.15, 0.2) is 5.54 Å². The predicted octanol–water partition coefficient (Wildman–Crippen LogP) is 2.20. The van der Waals surface area contributed by atoms with Crippen molar-refractivity contribution in [2.75, 3.05) is 25.7 Å². The maximum absolute atomic E-state index is 13.1. The first kappa shape index (κ1) is 17.6. The topological polar surface area (TPSA) is 81.0 Å². The number of carbonyl (C=O) groups excluding carboxylic acids is 2. The fraction of sp³-hybridized carbons (Fsp3) is 0.263. The maximum Gasteiger partial charge on any atom is 0.332 e. The summed E-state index contributed by atoms with van der Waals surface area (Å²) in [7, 11) is 2.89. The van der Waals surface area contributed by atoms with Crippen molar-refractivity contribution < 1.29 is 23.5 Å². The predicted molar refractivity (Wildman–Crippen MR) is 94.6 cm³/mol. The van der Waals surface area contributed by atoms with Crippen LogP contribution >= 0.6 is 0 Å². The third kappa shape index (κ3) is 3.03. The number of nitrogens with zero attached hydrogens (tertiary/aromatic N) is 1. The minimum Gasteiger partial charge on any atom is -0.497 e. The van der Waals surface area contributed by atoms with E-state index in [4.69, 9.17) is 9.15 Å². The Bertz CT molecular complexity index is 826. The second kappa shape index (κ2) is 6.95. The van der Waals surface area contributed by atoms with Crippen LogP contribution in [-0.4, -0.2) is 32.6 Å². The van der Waals surface area contributed by atoms with Gasteiger partial charge in [-0.25, -0.2) is 4.79 Å². The summed E-state index contributed by atoms with van der Waals surface area (Å²) in [5.74, 6) is 0.0932. The Morgan fingerprint density at radius 2 is 2.00 bits per heavy atom. The van der Waals surface area contributed by atoms with E-state index in [1.807, 2.05) is 12.1 Å². The lowest BCUT2D eigenvalue weighted by atomic mass is 9.81. The van der Waals surface area contributed by atoms with Gasteiger partial charge in [-0.05, 0) is 37.3 Å². The molecule has 3 rings (SSSR count). The summed E-state index contributed by atoms with van der Waals surface area (Å²) < 4.78 is 14.9. The van der Waals surface area contributed by atoms with E-state index >= 15 is 0 Å². The smallest absolute Gasteiger partial charge is 0.332 e. The number of methoxy groups -OCH3 is 2. The van der Waals surface area contributed by atoms with E-state index in [1.54, 1.807) is 37.1 Å². The molecule has 2 aromatic rings. The summed E-state index contributed by atoms with van der Waals surface area (Å²) in [6.45, 7) is 2.10. The molecule has 0 saturated carbocycles. The Labute approximate surface area is 151 Å². The zero-order valence-electron chi connectivity index (χ0n) is 14.8. The highest BCUT2D eigenvalue weighted by Gasteiger charge is 2.54. The van der Waals surface area contributed by atoms with Crippen molar-refractivity contribution >= 4 is 17.6 Å². The van der Waals surface area contributed by atoms with Gasteiger partial charge < -0.3 is 24.1 Å². The average molecular weight is 356 g/mol. The van der Waals surface area contributed by atoms with E-state index in [9.17, 15) is 9.59 Å². The number of benzene rings is 1. The molecule has 7 heteroatoms. The van der Waals surface area contributed by atoms with Crippen LogP contribution in [0.25, 0.3) is 0 Å². The van der Waals surface area contributed by atoms with Crippen molar-refractivity contribution in [2.45, 2.75) is 12.5 Å². The third-order valence-corrected chi connectivity index (χ3v) is 4.35. The first-order valence-corrected chi connectivity index (χ1v) is 8.03. The van der Waals surface area contributed by atoms with Crippen LogP contribution in [0.15, 0.2) is 59.0 Å². The van der Waals surface area contributed by atoms with Crippen LogP contribution in [0, 0.1) is 0 Å². The van der Waals surface area contributed by atoms with Gasteiger partial charge in [0, 0.05) is 23.0 Å². The largest absolute Gasteiger partial charge is 0.497 e. The number of rotatable bonds is 6. The van der Waals surface area contributed by atoms with E-state index in [0.29, 0.717) is 17.8 Å². The summed E-state index contributed by atoms with van der Waals surface area (Å²) >= 11 is 0. The number of amides is 1. The number of furan rings is 1. The highest BCUT2D eigenvalue weighted by molar-refractivity contribution is 6.08. The molecule has 1 saturated heterocycles. The van der Waals surface area contributed by atoms with Gasteiger partial charge in [0.25, 0.3) is 5.91 Å². The lowest BCUT2D eigenvalue weighted by molar-refractivity contribution is -0.135. The Morgan fingerprint density at radius 3 is 2.54 bits per heavy atom. The molecule has 7 nitrogen and oxygen atoms in total. The van der Waals surface area contributed by atoms with E-state index in [1.165, 1.54) is 25.7 Å². The normalized spacial score (nSPS) is 19.7. The molecule has 1 N–H and O–H groups in total. The number of allylic oxidation sites excluding steroid dienone is 1. The second-order valence-electron chi connectivity index (χ2n) is 5.98. The first-order valence-electron chi connectivity index (χ1n) is 8.03. The van der Waals surface area contributed by atoms with Crippen molar-refractivity contribution in [1.82, 2.24) is 5.32 Å². The first-order chi connectivity index (χ1) is 12.5. The fourth-order valence-corrected chi connectivity index (χ4v) is 2.98. The molecule has 0 radical (unpaired) electrons. The van der Waals surface area contributed by atoms with Gasteiger partial charge >= 0.3 is 5.97 Å². The molecule has 1 aliphatic heterocycles. The Hall–Kier alpha value is -3.22. The molecule has 26 heavy (non-hydrogen) atoms. The van der Waals surface area contributed by atoms with Gasteiger partial charge in [-0.2, -0.15) is 0 Å². The molecular weight excluding hydrogens is 336 g/mol. The fourth-order valence-electron chi connectivity index (χ4n) is 2.98. The van der Waals surface area contributed by atoms with Crippen molar-refractivity contribution in [3.05, 3.63) is 60.2 Å². The van der Waals surface area contributed by atoms with Crippen LogP contribution in [0.3, 0.4) is 0 Å². The number of anilines is 1. The Morgan fingerprint density at radius 1 is 1.27 bits per heavy atom. The molecule has 0 aliphatic carbocycles. The van der Waals surface area contributed by atoms with Gasteiger partial charge in [-0.15, -0.1) is 0 Å². The van der Waals surface area contributed by atoms with Gasteiger partial charge in [-0.3, -0.25) is 4.79 Å². The highest BCUT2D eigenvalue weighted by atomic mass is 16.5. The van der Waals surface area contributed by atoms with Crippen LogP contribution in [-0.2, 0) is 19.9 Å². The SMILES string of the molecule is COC(=O)C=C(C)NC1(c2ccoc2)CN(c2ccc(OC)cc2)C1=O. The Balaban J connectivity index is 1.86. The van der Waals surface area contributed by atoms with Crippen molar-refractivity contribution in [2.24, 2.45) is 0 Å². The highest BCUT2D eigenvalue weighted by Crippen LogP contribution is 2.38. The van der Waals surface area contributed by atoms with Crippen molar-refractivity contribution in [3.63, 3.8) is 0 Å². The summed E-state index contributed by atoms with van der Waals surface area (Å²) in [4.78, 5) is 26.2. The molecule has 1 fully saturated rings. The van der Waals surface area contributed by atoms with Crippen LogP contribution < -0.4 is 15.0 Å². The van der Waals surface area contributed by atoms with Gasteiger partial charge in [0.1, 0.15) is 5.75 Å².